The second kappa shape index (κ2) is 13.5. The fourth-order valence-electron chi connectivity index (χ4n) is 10.3. The number of fused-ring (bicyclic) bond motifs is 14. The molecule has 0 spiro atoms. The number of furan rings is 2. The van der Waals surface area contributed by atoms with Gasteiger partial charge in [0.05, 0.1) is 50.7 Å². The van der Waals surface area contributed by atoms with Gasteiger partial charge in [0.25, 0.3) is 0 Å². The van der Waals surface area contributed by atoms with Gasteiger partial charge in [-0.15, -0.1) is 0 Å². The summed E-state index contributed by atoms with van der Waals surface area (Å²) in [5.41, 5.74) is 11.4. The average Bonchev–Trinajstić information content (AvgIpc) is 4.08. The largest absolute Gasteiger partial charge is 0.455 e. The highest BCUT2D eigenvalue weighted by Gasteiger charge is 2.31. The second-order valence-electron chi connectivity index (χ2n) is 16.6. The van der Waals surface area contributed by atoms with Crippen molar-refractivity contribution in [1.29, 1.82) is 0 Å². The molecule has 0 saturated heterocycles. The maximum atomic E-state index is 14.0. The van der Waals surface area contributed by atoms with Crippen molar-refractivity contribution >= 4 is 93.2 Å². The maximum absolute atomic E-state index is 14.0. The molecule has 4 heterocycles. The molecule has 8 heteroatoms. The molecule has 0 aliphatic heterocycles. The first-order chi connectivity index (χ1) is 31.8. The Labute approximate surface area is 368 Å². The predicted octanol–water partition coefficient (Wildman–Crippen LogP) is 16.9. The smallest absolute Gasteiger partial charge is 0.416 e. The molecule has 13 aromatic rings. The Kier molecular flexibility index (Phi) is 7.68. The Morgan fingerprint density at radius 2 is 1.03 bits per heavy atom. The molecule has 0 aliphatic rings. The molecule has 5 nitrogen and oxygen atoms in total. The zero-order valence-electron chi connectivity index (χ0n) is 34.5. The van der Waals surface area contributed by atoms with Crippen LogP contribution in [0.15, 0.2) is 185 Å². The summed E-state index contributed by atoms with van der Waals surface area (Å²) in [5.74, 6) is 0. The fraction of sp³-hybridized carbons (Fsp3) is 0.0351. The standard InChI is InChI=1S/C57H32F3N3O2/c1-32-30-34(57(58,59)60)23-24-35(32)33-22-27-46(62-44-17-7-3-14-40(44)53-48(62)28-25-38-36-12-5-9-20-50(36)64-55(38)53)42(31-33)52-43(61-2)16-11-19-47(52)63-45-18-8-4-15-41(45)54-49(63)29-26-39-37-13-6-10-21-51(37)65-56(39)54/h3-31H,1H3. The van der Waals surface area contributed by atoms with E-state index < -0.39 is 11.7 Å². The minimum Gasteiger partial charge on any atom is -0.455 e. The minimum atomic E-state index is -4.49. The average molecular weight is 848 g/mol. The van der Waals surface area contributed by atoms with Gasteiger partial charge in [0.1, 0.15) is 22.3 Å². The number of benzene rings is 9. The maximum Gasteiger partial charge on any atom is 0.416 e. The van der Waals surface area contributed by atoms with Gasteiger partial charge in [-0.3, -0.25) is 0 Å². The van der Waals surface area contributed by atoms with Gasteiger partial charge in [0.15, 0.2) is 5.69 Å². The van der Waals surface area contributed by atoms with Crippen molar-refractivity contribution in [1.82, 2.24) is 9.13 Å². The van der Waals surface area contributed by atoms with Crippen LogP contribution in [0.2, 0.25) is 0 Å². The van der Waals surface area contributed by atoms with Crippen molar-refractivity contribution in [2.45, 2.75) is 13.1 Å². The molecule has 0 amide bonds. The first-order valence-corrected chi connectivity index (χ1v) is 21.3. The SMILES string of the molecule is [C-]#[N+]c1cccc(-n2c3ccccc3c3c4oc5ccccc5c4ccc32)c1-c1cc(-c2ccc(C(F)(F)F)cc2C)ccc1-n1c2ccccc2c2c3oc4ccccc4c3ccc21. The molecule has 308 valence electrons. The number of hydrogen-bond donors (Lipinski definition) is 0. The third-order valence-electron chi connectivity index (χ3n) is 13.1. The Morgan fingerprint density at radius 1 is 0.477 bits per heavy atom. The summed E-state index contributed by atoms with van der Waals surface area (Å²) in [6.07, 6.45) is -4.49. The lowest BCUT2D eigenvalue weighted by molar-refractivity contribution is -0.137. The monoisotopic (exact) mass is 847 g/mol. The lowest BCUT2D eigenvalue weighted by Crippen LogP contribution is -2.05. The van der Waals surface area contributed by atoms with Crippen LogP contribution >= 0.6 is 0 Å². The lowest BCUT2D eigenvalue weighted by atomic mass is 9.92. The van der Waals surface area contributed by atoms with E-state index in [1.165, 1.54) is 6.07 Å². The Bertz CT molecular complexity index is 4210. The molecule has 9 aromatic carbocycles. The summed E-state index contributed by atoms with van der Waals surface area (Å²) >= 11 is 0. The highest BCUT2D eigenvalue weighted by Crippen LogP contribution is 2.48. The molecule has 0 aliphatic carbocycles. The van der Waals surface area contributed by atoms with Crippen LogP contribution in [0, 0.1) is 13.5 Å². The molecular formula is C57H32F3N3O2. The number of aryl methyl sites for hydroxylation is 1. The summed E-state index contributed by atoms with van der Waals surface area (Å²) in [7, 11) is 0. The minimum absolute atomic E-state index is 0.418. The van der Waals surface area contributed by atoms with Crippen LogP contribution in [0.1, 0.15) is 11.1 Å². The second-order valence-corrected chi connectivity index (χ2v) is 16.6. The Hall–Kier alpha value is -8.54. The predicted molar refractivity (Wildman–Crippen MR) is 257 cm³/mol. The Morgan fingerprint density at radius 3 is 1.60 bits per heavy atom. The van der Waals surface area contributed by atoms with Gasteiger partial charge < -0.3 is 18.0 Å². The van der Waals surface area contributed by atoms with Crippen molar-refractivity contribution in [3.05, 3.63) is 198 Å². The van der Waals surface area contributed by atoms with Crippen LogP contribution in [-0.2, 0) is 6.18 Å². The van der Waals surface area contributed by atoms with E-state index in [2.05, 4.69) is 74.6 Å². The molecular weight excluding hydrogens is 816 g/mol. The van der Waals surface area contributed by atoms with Crippen molar-refractivity contribution < 1.29 is 22.0 Å². The number of halogens is 3. The molecule has 0 saturated carbocycles. The van der Waals surface area contributed by atoms with Crippen molar-refractivity contribution in [3.63, 3.8) is 0 Å². The van der Waals surface area contributed by atoms with Crippen LogP contribution in [-0.4, -0.2) is 9.13 Å². The van der Waals surface area contributed by atoms with E-state index in [9.17, 15) is 13.2 Å². The van der Waals surface area contributed by atoms with E-state index in [1.807, 2.05) is 97.1 Å². The molecule has 65 heavy (non-hydrogen) atoms. The zero-order chi connectivity index (χ0) is 43.7. The molecule has 0 unspecified atom stereocenters. The molecule has 0 bridgehead atoms. The summed E-state index contributed by atoms with van der Waals surface area (Å²) < 4.78 is 59.7. The van der Waals surface area contributed by atoms with E-state index in [1.54, 1.807) is 13.0 Å². The van der Waals surface area contributed by atoms with E-state index in [0.717, 1.165) is 110 Å². The highest BCUT2D eigenvalue weighted by atomic mass is 19.4. The summed E-state index contributed by atoms with van der Waals surface area (Å²) in [5, 5.41) is 7.99. The van der Waals surface area contributed by atoms with Gasteiger partial charge in [-0.05, 0) is 108 Å². The number of nitrogens with zero attached hydrogens (tertiary/aromatic N) is 3. The van der Waals surface area contributed by atoms with Gasteiger partial charge in [0, 0.05) is 43.6 Å². The van der Waals surface area contributed by atoms with Gasteiger partial charge in [-0.2, -0.15) is 13.2 Å². The van der Waals surface area contributed by atoms with Crippen molar-refractivity contribution in [2.24, 2.45) is 0 Å². The van der Waals surface area contributed by atoms with Crippen molar-refractivity contribution in [3.8, 4) is 33.6 Å². The first-order valence-electron chi connectivity index (χ1n) is 21.3. The summed E-state index contributed by atoms with van der Waals surface area (Å²) in [4.78, 5) is 4.20. The first kappa shape index (κ1) is 37.1. The number of para-hydroxylation sites is 4. The molecule has 0 atom stereocenters. The van der Waals surface area contributed by atoms with Crippen LogP contribution in [0.5, 0.6) is 0 Å². The van der Waals surface area contributed by atoms with E-state index in [-0.39, 0.29) is 0 Å². The van der Waals surface area contributed by atoms with Crippen molar-refractivity contribution in [2.75, 3.05) is 0 Å². The molecule has 0 fully saturated rings. The van der Waals surface area contributed by atoms with Gasteiger partial charge in [0.2, 0.25) is 0 Å². The normalized spacial score (nSPS) is 12.3. The topological polar surface area (TPSA) is 40.5 Å². The number of hydrogen-bond acceptors (Lipinski definition) is 2. The molecule has 0 N–H and O–H groups in total. The number of aromatic nitrogens is 2. The van der Waals surface area contributed by atoms with E-state index >= 15 is 0 Å². The number of alkyl halides is 3. The van der Waals surface area contributed by atoms with Crippen LogP contribution in [0.4, 0.5) is 18.9 Å². The third-order valence-corrected chi connectivity index (χ3v) is 13.1. The van der Waals surface area contributed by atoms with Gasteiger partial charge >= 0.3 is 6.18 Å². The summed E-state index contributed by atoms with van der Waals surface area (Å²) in [6, 6.07) is 56.7. The quantitative estimate of drug-likeness (QED) is 0.166. The fourth-order valence-corrected chi connectivity index (χ4v) is 10.3. The zero-order valence-corrected chi connectivity index (χ0v) is 34.5. The van der Waals surface area contributed by atoms with E-state index in [4.69, 9.17) is 15.4 Å². The lowest BCUT2D eigenvalue weighted by Gasteiger charge is -2.21. The van der Waals surface area contributed by atoms with E-state index in [0.29, 0.717) is 27.9 Å². The highest BCUT2D eigenvalue weighted by molar-refractivity contribution is 6.25. The van der Waals surface area contributed by atoms with Crippen LogP contribution in [0.3, 0.4) is 0 Å². The van der Waals surface area contributed by atoms with Crippen LogP contribution < -0.4 is 0 Å². The third kappa shape index (κ3) is 5.27. The molecule has 13 rings (SSSR count). The van der Waals surface area contributed by atoms with Gasteiger partial charge in [-0.25, -0.2) is 4.85 Å². The molecule has 4 aromatic heterocycles. The summed E-state index contributed by atoms with van der Waals surface area (Å²) in [6.45, 7) is 10.4. The molecule has 0 radical (unpaired) electrons. The van der Waals surface area contributed by atoms with Gasteiger partial charge in [-0.1, -0.05) is 97.1 Å². The number of rotatable bonds is 4. The van der Waals surface area contributed by atoms with Crippen LogP contribution in [0.25, 0.3) is 126 Å². The Balaban J connectivity index is 1.16.